The number of carbonyl (C=O) groups is 1. The summed E-state index contributed by atoms with van der Waals surface area (Å²) in [7, 11) is 0. The van der Waals surface area contributed by atoms with Crippen LogP contribution in [0.3, 0.4) is 0 Å². The number of amides is 1. The number of rotatable bonds is 1. The van der Waals surface area contributed by atoms with Crippen molar-refractivity contribution in [3.05, 3.63) is 12.3 Å². The third-order valence-electron chi connectivity index (χ3n) is 4.99. The lowest BCUT2D eigenvalue weighted by Crippen LogP contribution is -2.56. The average Bonchev–Trinajstić information content (AvgIpc) is 2.94. The molecule has 3 rings (SSSR count). The summed E-state index contributed by atoms with van der Waals surface area (Å²) in [6, 6.07) is 1.26. The molecule has 0 bridgehead atoms. The molecule has 124 valence electrons. The second-order valence-corrected chi connectivity index (χ2v) is 7.71. The number of nitrogens with one attached hydrogen (secondary N) is 1. The van der Waals surface area contributed by atoms with Crippen molar-refractivity contribution in [2.75, 3.05) is 26.2 Å². The number of carbonyl (C=O) groups excluding carboxylic acids is 1. The van der Waals surface area contributed by atoms with E-state index in [-0.39, 0.29) is 6.09 Å². The van der Waals surface area contributed by atoms with E-state index >= 15 is 0 Å². The first-order valence-corrected chi connectivity index (χ1v) is 8.59. The van der Waals surface area contributed by atoms with E-state index in [9.17, 15) is 4.79 Å². The minimum absolute atomic E-state index is 0.170. The molecular formula is C17H29N3O2. The predicted octanol–water partition coefficient (Wildman–Crippen LogP) is 2.19. The van der Waals surface area contributed by atoms with Gasteiger partial charge in [0.25, 0.3) is 0 Å². The zero-order valence-corrected chi connectivity index (χ0v) is 14.0. The molecule has 2 fully saturated rings. The number of hydrogen-bond donors (Lipinski definition) is 1. The van der Waals surface area contributed by atoms with Gasteiger partial charge in [-0.1, -0.05) is 6.08 Å². The molecule has 2 heterocycles. The molecular weight excluding hydrogens is 278 g/mol. The monoisotopic (exact) mass is 307 g/mol. The summed E-state index contributed by atoms with van der Waals surface area (Å²) in [6.45, 7) is 9.23. The summed E-state index contributed by atoms with van der Waals surface area (Å²) in [5.74, 6) is 0.641. The molecule has 3 aliphatic rings. The standard InChI is InChI=1S/C17H29N3O2/c1-17(2,3)22-16(21)20-11-9-19(10-12-20)15-6-4-5-14-13(15)7-8-18-14/h7-8,13-15,18H,4-6,9-12H2,1-3H3. The topological polar surface area (TPSA) is 44.8 Å². The van der Waals surface area contributed by atoms with E-state index in [0.717, 1.165) is 26.2 Å². The van der Waals surface area contributed by atoms with Crippen LogP contribution < -0.4 is 5.32 Å². The highest BCUT2D eigenvalue weighted by molar-refractivity contribution is 5.68. The van der Waals surface area contributed by atoms with Crippen LogP contribution in [0.15, 0.2) is 12.3 Å². The van der Waals surface area contributed by atoms with Gasteiger partial charge in [-0.25, -0.2) is 4.79 Å². The van der Waals surface area contributed by atoms with E-state index in [1.54, 1.807) is 0 Å². The number of fused-ring (bicyclic) bond motifs is 1. The first-order chi connectivity index (χ1) is 10.4. The average molecular weight is 307 g/mol. The molecule has 22 heavy (non-hydrogen) atoms. The Hall–Kier alpha value is -1.23. The summed E-state index contributed by atoms with van der Waals surface area (Å²) in [6.07, 6.45) is 8.16. The van der Waals surface area contributed by atoms with E-state index in [4.69, 9.17) is 4.74 Å². The second-order valence-electron chi connectivity index (χ2n) is 7.71. The van der Waals surface area contributed by atoms with Crippen LogP contribution in [-0.4, -0.2) is 59.8 Å². The van der Waals surface area contributed by atoms with Gasteiger partial charge in [0.2, 0.25) is 0 Å². The highest BCUT2D eigenvalue weighted by Gasteiger charge is 2.38. The lowest BCUT2D eigenvalue weighted by atomic mass is 9.81. The Kier molecular flexibility index (Phi) is 4.35. The SMILES string of the molecule is CC(C)(C)OC(=O)N1CCN(C2CCCC3NC=CC32)CC1. The molecule has 3 atom stereocenters. The lowest BCUT2D eigenvalue weighted by Gasteiger charge is -2.44. The van der Waals surface area contributed by atoms with E-state index in [1.807, 2.05) is 25.7 Å². The second kappa shape index (κ2) is 6.11. The van der Waals surface area contributed by atoms with Crippen molar-refractivity contribution < 1.29 is 9.53 Å². The molecule has 0 aromatic heterocycles. The Morgan fingerprint density at radius 3 is 2.59 bits per heavy atom. The molecule has 0 aromatic rings. The number of nitrogens with zero attached hydrogens (tertiary/aromatic N) is 2. The van der Waals surface area contributed by atoms with Crippen LogP contribution in [-0.2, 0) is 4.74 Å². The van der Waals surface area contributed by atoms with Crippen molar-refractivity contribution in [1.29, 1.82) is 0 Å². The van der Waals surface area contributed by atoms with Gasteiger partial charge in [-0.2, -0.15) is 0 Å². The summed E-state index contributed by atoms with van der Waals surface area (Å²) >= 11 is 0. The fourth-order valence-corrected chi connectivity index (χ4v) is 3.94. The minimum Gasteiger partial charge on any atom is -0.444 e. The number of ether oxygens (including phenoxy) is 1. The number of piperazine rings is 1. The van der Waals surface area contributed by atoms with Crippen molar-refractivity contribution in [2.45, 2.75) is 57.7 Å². The minimum atomic E-state index is -0.412. The van der Waals surface area contributed by atoms with Crippen molar-refractivity contribution in [3.63, 3.8) is 0 Å². The van der Waals surface area contributed by atoms with Crippen molar-refractivity contribution in [3.8, 4) is 0 Å². The highest BCUT2D eigenvalue weighted by Crippen LogP contribution is 2.33. The normalized spacial score (nSPS) is 32.5. The van der Waals surface area contributed by atoms with Crippen LogP contribution in [0.1, 0.15) is 40.0 Å². The van der Waals surface area contributed by atoms with Gasteiger partial charge < -0.3 is 15.0 Å². The summed E-state index contributed by atoms with van der Waals surface area (Å²) < 4.78 is 5.47. The van der Waals surface area contributed by atoms with Crippen LogP contribution in [0.5, 0.6) is 0 Å². The highest BCUT2D eigenvalue weighted by atomic mass is 16.6. The summed E-state index contributed by atoms with van der Waals surface area (Å²) in [5.41, 5.74) is -0.412. The molecule has 5 heteroatoms. The van der Waals surface area contributed by atoms with E-state index in [2.05, 4.69) is 22.5 Å². The Labute approximate surface area is 133 Å². The Bertz CT molecular complexity index is 436. The van der Waals surface area contributed by atoms with Crippen LogP contribution in [0, 0.1) is 5.92 Å². The van der Waals surface area contributed by atoms with Crippen LogP contribution in [0.25, 0.3) is 0 Å². The molecule has 5 nitrogen and oxygen atoms in total. The van der Waals surface area contributed by atoms with Gasteiger partial charge in [0.1, 0.15) is 5.60 Å². The molecule has 1 saturated carbocycles. The van der Waals surface area contributed by atoms with Gasteiger partial charge >= 0.3 is 6.09 Å². The van der Waals surface area contributed by atoms with Gasteiger partial charge in [0, 0.05) is 44.2 Å². The molecule has 0 radical (unpaired) electrons. The van der Waals surface area contributed by atoms with Gasteiger partial charge in [0.05, 0.1) is 0 Å². The molecule has 2 aliphatic heterocycles. The smallest absolute Gasteiger partial charge is 0.410 e. The maximum atomic E-state index is 12.1. The first kappa shape index (κ1) is 15.7. The van der Waals surface area contributed by atoms with Gasteiger partial charge in [-0.05, 0) is 46.2 Å². The first-order valence-electron chi connectivity index (χ1n) is 8.59. The largest absolute Gasteiger partial charge is 0.444 e. The van der Waals surface area contributed by atoms with Crippen LogP contribution in [0.4, 0.5) is 4.79 Å². The zero-order chi connectivity index (χ0) is 15.7. The third kappa shape index (κ3) is 3.40. The Morgan fingerprint density at radius 1 is 1.18 bits per heavy atom. The van der Waals surface area contributed by atoms with Crippen molar-refractivity contribution in [1.82, 2.24) is 15.1 Å². The molecule has 1 amide bonds. The molecule has 1 N–H and O–H groups in total. The predicted molar refractivity (Wildman–Crippen MR) is 86.6 cm³/mol. The quantitative estimate of drug-likeness (QED) is 0.806. The molecule has 0 aromatic carbocycles. The van der Waals surface area contributed by atoms with Crippen LogP contribution >= 0.6 is 0 Å². The number of hydrogen-bond acceptors (Lipinski definition) is 4. The summed E-state index contributed by atoms with van der Waals surface area (Å²) in [5, 5.41) is 3.49. The fraction of sp³-hybridized carbons (Fsp3) is 0.824. The molecule has 3 unspecified atom stereocenters. The third-order valence-corrected chi connectivity index (χ3v) is 4.99. The Morgan fingerprint density at radius 2 is 1.91 bits per heavy atom. The van der Waals surface area contributed by atoms with Crippen molar-refractivity contribution in [2.24, 2.45) is 5.92 Å². The molecule has 1 saturated heterocycles. The van der Waals surface area contributed by atoms with E-state index in [0.29, 0.717) is 18.0 Å². The fourth-order valence-electron chi connectivity index (χ4n) is 3.94. The van der Waals surface area contributed by atoms with Gasteiger partial charge in [0.15, 0.2) is 0 Å². The maximum absolute atomic E-state index is 12.1. The van der Waals surface area contributed by atoms with Gasteiger partial charge in [-0.15, -0.1) is 0 Å². The summed E-state index contributed by atoms with van der Waals surface area (Å²) in [4.78, 5) is 16.6. The van der Waals surface area contributed by atoms with E-state index < -0.39 is 5.60 Å². The maximum Gasteiger partial charge on any atom is 0.410 e. The molecule has 0 spiro atoms. The van der Waals surface area contributed by atoms with Crippen molar-refractivity contribution >= 4 is 6.09 Å². The van der Waals surface area contributed by atoms with Crippen LogP contribution in [0.2, 0.25) is 0 Å². The molecule has 1 aliphatic carbocycles. The Balaban J connectivity index is 1.53. The zero-order valence-electron chi connectivity index (χ0n) is 14.0. The van der Waals surface area contributed by atoms with Gasteiger partial charge in [-0.3, -0.25) is 4.90 Å². The lowest BCUT2D eigenvalue weighted by molar-refractivity contribution is 0.00429. The van der Waals surface area contributed by atoms with E-state index in [1.165, 1.54) is 19.3 Å².